The average Bonchev–Trinajstić information content (AvgIpc) is 2.38. The molecule has 125 valence electrons. The van der Waals surface area contributed by atoms with Crippen LogP contribution in [0.1, 0.15) is 92.4 Å². The van der Waals surface area contributed by atoms with E-state index in [4.69, 9.17) is 4.74 Å². The Morgan fingerprint density at radius 2 is 1.38 bits per heavy atom. The summed E-state index contributed by atoms with van der Waals surface area (Å²) in [6, 6.07) is 0. The highest BCUT2D eigenvalue weighted by molar-refractivity contribution is 4.96. The molecule has 21 heavy (non-hydrogen) atoms. The van der Waals surface area contributed by atoms with Crippen LogP contribution in [0.2, 0.25) is 0 Å². The Kier molecular flexibility index (Phi) is 7.66. The van der Waals surface area contributed by atoms with Crippen molar-refractivity contribution in [1.82, 2.24) is 5.06 Å². The maximum Gasteiger partial charge on any atom is 0.0611 e. The van der Waals surface area contributed by atoms with Crippen molar-refractivity contribution in [3.8, 4) is 0 Å². The van der Waals surface area contributed by atoms with Gasteiger partial charge in [0.15, 0.2) is 0 Å². The van der Waals surface area contributed by atoms with Crippen molar-refractivity contribution in [3.05, 3.63) is 0 Å². The van der Waals surface area contributed by atoms with Crippen LogP contribution in [0.3, 0.4) is 0 Å². The number of unbranched alkanes of at least 4 members (excludes halogenated alkanes) is 6. The normalized spacial score (nSPS) is 22.6. The van der Waals surface area contributed by atoms with Crippen molar-refractivity contribution in [2.45, 2.75) is 110 Å². The number of ether oxygens (including phenoxy) is 1. The van der Waals surface area contributed by atoms with Gasteiger partial charge in [0.2, 0.25) is 0 Å². The van der Waals surface area contributed by atoms with Crippen LogP contribution in [0, 0.1) is 0 Å². The summed E-state index contributed by atoms with van der Waals surface area (Å²) in [6.45, 7) is 11.2. The van der Waals surface area contributed by atoms with Gasteiger partial charge in [-0.3, -0.25) is 0 Å². The largest absolute Gasteiger partial charge is 0.378 e. The lowest BCUT2D eigenvalue weighted by Crippen LogP contribution is -2.59. The summed E-state index contributed by atoms with van der Waals surface area (Å²) >= 11 is 0. The third-order valence-electron chi connectivity index (χ3n) is 4.66. The molecule has 0 aromatic heterocycles. The molecule has 0 unspecified atom stereocenters. The van der Waals surface area contributed by atoms with E-state index in [1.807, 2.05) is 27.7 Å². The summed E-state index contributed by atoms with van der Waals surface area (Å²) < 4.78 is 6.06. The lowest BCUT2D eigenvalue weighted by Gasteiger charge is -2.49. The monoisotopic (exact) mass is 298 g/mol. The Morgan fingerprint density at radius 3 is 1.90 bits per heavy atom. The summed E-state index contributed by atoms with van der Waals surface area (Å²) in [4.78, 5) is 0. The van der Waals surface area contributed by atoms with Gasteiger partial charge in [0.05, 0.1) is 6.10 Å². The van der Waals surface area contributed by atoms with Crippen LogP contribution in [-0.2, 0) is 9.94 Å². The second-order valence-corrected chi connectivity index (χ2v) is 7.94. The maximum atomic E-state index is 12.3. The van der Waals surface area contributed by atoms with Gasteiger partial charge in [-0.1, -0.05) is 45.4 Å². The maximum absolute atomic E-state index is 12.3. The van der Waals surface area contributed by atoms with Gasteiger partial charge in [-0.15, -0.1) is 10.3 Å². The van der Waals surface area contributed by atoms with Crippen molar-refractivity contribution >= 4 is 0 Å². The molecule has 3 heteroatoms. The number of hydroxylamine groups is 2. The highest BCUT2D eigenvalue weighted by atomic mass is 16.5. The fourth-order valence-electron chi connectivity index (χ4n) is 3.60. The SMILES string of the molecule is CCCCCCCCCOC1CC(C)(C)N([O])C(C)(C)C1. The van der Waals surface area contributed by atoms with Crippen molar-refractivity contribution < 1.29 is 9.94 Å². The lowest BCUT2D eigenvalue weighted by molar-refractivity contribution is -0.301. The molecule has 0 N–H and O–H groups in total. The first-order chi connectivity index (χ1) is 9.79. The number of hydrogen-bond acceptors (Lipinski definition) is 2. The van der Waals surface area contributed by atoms with Crippen molar-refractivity contribution in [3.63, 3.8) is 0 Å². The van der Waals surface area contributed by atoms with E-state index >= 15 is 0 Å². The van der Waals surface area contributed by atoms with E-state index in [0.717, 1.165) is 25.9 Å². The molecule has 1 aliphatic rings. The molecule has 0 spiro atoms. The van der Waals surface area contributed by atoms with Crippen LogP contribution >= 0.6 is 0 Å². The molecule has 0 saturated carbocycles. The molecular formula is C18H36NO2. The van der Waals surface area contributed by atoms with E-state index in [2.05, 4.69) is 6.92 Å². The summed E-state index contributed by atoms with van der Waals surface area (Å²) in [5.74, 6) is 0. The zero-order chi connectivity index (χ0) is 15.9. The Bertz CT molecular complexity index is 271. The van der Waals surface area contributed by atoms with Crippen molar-refractivity contribution in [2.75, 3.05) is 6.61 Å². The zero-order valence-corrected chi connectivity index (χ0v) is 14.9. The average molecular weight is 298 g/mol. The van der Waals surface area contributed by atoms with Gasteiger partial charge in [-0.2, -0.15) is 0 Å². The highest BCUT2D eigenvalue weighted by Crippen LogP contribution is 2.38. The van der Waals surface area contributed by atoms with E-state index in [9.17, 15) is 5.21 Å². The Balaban J connectivity index is 2.18. The topological polar surface area (TPSA) is 32.4 Å². The van der Waals surface area contributed by atoms with E-state index < -0.39 is 0 Å². The number of hydrogen-bond donors (Lipinski definition) is 0. The minimum absolute atomic E-state index is 0.236. The van der Waals surface area contributed by atoms with E-state index in [0.29, 0.717) is 0 Å². The fourth-order valence-corrected chi connectivity index (χ4v) is 3.60. The van der Waals surface area contributed by atoms with Crippen LogP contribution in [0.4, 0.5) is 0 Å². The second kappa shape index (κ2) is 8.50. The van der Waals surface area contributed by atoms with E-state index in [-0.39, 0.29) is 17.2 Å². The summed E-state index contributed by atoms with van der Waals surface area (Å²) in [5.41, 5.74) is -0.626. The first-order valence-electron chi connectivity index (χ1n) is 8.88. The molecule has 1 fully saturated rings. The van der Waals surface area contributed by atoms with Crippen LogP contribution in [0.5, 0.6) is 0 Å². The number of rotatable bonds is 9. The molecule has 0 amide bonds. The zero-order valence-electron chi connectivity index (χ0n) is 14.9. The standard InChI is InChI=1S/C18H36NO2/c1-6-7-8-9-10-11-12-13-21-16-14-17(2,3)19(20)18(4,5)15-16/h16H,6-15H2,1-5H3. The van der Waals surface area contributed by atoms with E-state index in [1.54, 1.807) is 0 Å². The predicted octanol–water partition coefficient (Wildman–Crippen LogP) is 5.12. The van der Waals surface area contributed by atoms with Gasteiger partial charge >= 0.3 is 0 Å². The fraction of sp³-hybridized carbons (Fsp3) is 1.00. The molecule has 1 aliphatic heterocycles. The molecule has 3 nitrogen and oxygen atoms in total. The molecule has 0 atom stereocenters. The van der Waals surface area contributed by atoms with Gasteiger partial charge in [0.25, 0.3) is 0 Å². The third-order valence-corrected chi connectivity index (χ3v) is 4.66. The van der Waals surface area contributed by atoms with Gasteiger partial charge in [-0.25, -0.2) is 0 Å². The molecule has 1 saturated heterocycles. The summed E-state index contributed by atoms with van der Waals surface area (Å²) in [5, 5.41) is 13.5. The smallest absolute Gasteiger partial charge is 0.0611 e. The minimum atomic E-state index is -0.313. The predicted molar refractivity (Wildman–Crippen MR) is 87.7 cm³/mol. The highest BCUT2D eigenvalue weighted by Gasteiger charge is 2.46. The van der Waals surface area contributed by atoms with Crippen molar-refractivity contribution in [1.29, 1.82) is 0 Å². The quantitative estimate of drug-likeness (QED) is 0.553. The second-order valence-electron chi connectivity index (χ2n) is 7.94. The molecule has 0 aromatic rings. The molecule has 1 heterocycles. The molecule has 1 radical (unpaired) electrons. The lowest BCUT2D eigenvalue weighted by atomic mass is 9.80. The summed E-state index contributed by atoms with van der Waals surface area (Å²) in [7, 11) is 0. The van der Waals surface area contributed by atoms with Gasteiger partial charge in [-0.05, 0) is 47.0 Å². The number of piperidine rings is 1. The Morgan fingerprint density at radius 1 is 0.905 bits per heavy atom. The molecule has 0 bridgehead atoms. The van der Waals surface area contributed by atoms with Gasteiger partial charge in [0, 0.05) is 17.7 Å². The minimum Gasteiger partial charge on any atom is -0.378 e. The van der Waals surface area contributed by atoms with Gasteiger partial charge in [0.1, 0.15) is 0 Å². The molecular weight excluding hydrogens is 262 g/mol. The van der Waals surface area contributed by atoms with Crippen LogP contribution in [0.15, 0.2) is 0 Å². The molecule has 0 aromatic carbocycles. The molecule has 0 aliphatic carbocycles. The van der Waals surface area contributed by atoms with Crippen molar-refractivity contribution in [2.24, 2.45) is 0 Å². The Labute approximate surface area is 132 Å². The van der Waals surface area contributed by atoms with E-state index in [1.165, 1.54) is 43.6 Å². The van der Waals surface area contributed by atoms with Crippen LogP contribution < -0.4 is 0 Å². The number of nitrogens with zero attached hydrogens (tertiary/aromatic N) is 1. The summed E-state index contributed by atoms with van der Waals surface area (Å²) in [6.07, 6.45) is 11.1. The first kappa shape index (κ1) is 18.9. The first-order valence-corrected chi connectivity index (χ1v) is 8.88. The molecule has 1 rings (SSSR count). The third kappa shape index (κ3) is 6.25. The van der Waals surface area contributed by atoms with Crippen LogP contribution in [0.25, 0.3) is 0 Å². The van der Waals surface area contributed by atoms with Crippen LogP contribution in [-0.4, -0.2) is 28.9 Å². The van der Waals surface area contributed by atoms with Gasteiger partial charge < -0.3 is 4.74 Å². The Hall–Kier alpha value is -0.120.